The summed E-state index contributed by atoms with van der Waals surface area (Å²) >= 11 is 0. The van der Waals surface area contributed by atoms with E-state index in [1.165, 1.54) is 43.1 Å². The van der Waals surface area contributed by atoms with Crippen LogP contribution >= 0.6 is 0 Å². The second kappa shape index (κ2) is 9.03. The van der Waals surface area contributed by atoms with Gasteiger partial charge in [0.25, 0.3) is 0 Å². The molecule has 0 saturated carbocycles. The number of aromatic nitrogens is 5. The number of hydrogen-bond donors (Lipinski definition) is 0. The Hall–Kier alpha value is -5.55. The van der Waals surface area contributed by atoms with E-state index in [2.05, 4.69) is 88.8 Å². The first-order valence-corrected chi connectivity index (χ1v) is 13.2. The van der Waals surface area contributed by atoms with Crippen molar-refractivity contribution in [1.29, 1.82) is 0 Å². The molecule has 0 atom stereocenters. The first-order valence-electron chi connectivity index (χ1n) is 13.2. The van der Waals surface area contributed by atoms with Gasteiger partial charge < -0.3 is 0 Å². The standard InChI is InChI=1S/C35H21N5/c1-2-10-24-22(9-1)15-18-28-26-12-4-3-11-25(26)27-17-16-23(21-29(27)32(24)28)33-38-34(30-13-5-7-19-36-30)40-35(39-33)31-14-6-8-20-37-31/h1-21H. The Kier molecular flexibility index (Phi) is 5.07. The molecule has 5 nitrogen and oxygen atoms in total. The van der Waals surface area contributed by atoms with Crippen LogP contribution in [0.4, 0.5) is 0 Å². The van der Waals surface area contributed by atoms with Crippen LogP contribution in [0.15, 0.2) is 128 Å². The van der Waals surface area contributed by atoms with E-state index in [4.69, 9.17) is 15.0 Å². The molecule has 0 unspecified atom stereocenters. The fourth-order valence-corrected chi connectivity index (χ4v) is 5.59. The molecule has 0 fully saturated rings. The van der Waals surface area contributed by atoms with Crippen molar-refractivity contribution in [3.05, 3.63) is 128 Å². The Bertz CT molecular complexity index is 2150. The summed E-state index contributed by atoms with van der Waals surface area (Å²) in [5.41, 5.74) is 2.28. The van der Waals surface area contributed by atoms with E-state index in [1.54, 1.807) is 12.4 Å². The van der Waals surface area contributed by atoms with E-state index < -0.39 is 0 Å². The predicted molar refractivity (Wildman–Crippen MR) is 162 cm³/mol. The minimum atomic E-state index is 0.514. The van der Waals surface area contributed by atoms with Crippen molar-refractivity contribution >= 4 is 43.1 Å². The molecule has 186 valence electrons. The maximum absolute atomic E-state index is 4.90. The fraction of sp³-hybridized carbons (Fsp3) is 0. The molecule has 0 bridgehead atoms. The van der Waals surface area contributed by atoms with E-state index in [0.717, 1.165) is 5.56 Å². The van der Waals surface area contributed by atoms with Crippen molar-refractivity contribution in [3.63, 3.8) is 0 Å². The number of nitrogens with zero attached hydrogens (tertiary/aromatic N) is 5. The van der Waals surface area contributed by atoms with E-state index in [0.29, 0.717) is 28.9 Å². The third kappa shape index (κ3) is 3.60. The maximum Gasteiger partial charge on any atom is 0.182 e. The summed E-state index contributed by atoms with van der Waals surface area (Å²) < 4.78 is 0. The van der Waals surface area contributed by atoms with Gasteiger partial charge in [-0.15, -0.1) is 0 Å². The molecule has 5 aromatic carbocycles. The molecule has 0 spiro atoms. The second-order valence-electron chi connectivity index (χ2n) is 9.75. The van der Waals surface area contributed by atoms with Gasteiger partial charge in [0.2, 0.25) is 0 Å². The number of benzene rings is 5. The summed E-state index contributed by atoms with van der Waals surface area (Å²) in [5, 5.41) is 9.76. The Balaban J connectivity index is 1.45. The van der Waals surface area contributed by atoms with E-state index in [1.807, 2.05) is 36.4 Å². The summed E-state index contributed by atoms with van der Waals surface area (Å²) in [6.07, 6.45) is 3.50. The molecule has 8 aromatic rings. The molecule has 5 heteroatoms. The lowest BCUT2D eigenvalue weighted by molar-refractivity contribution is 1.05. The molecule has 0 aliphatic rings. The van der Waals surface area contributed by atoms with Crippen LogP contribution in [0, 0.1) is 0 Å². The highest BCUT2D eigenvalue weighted by molar-refractivity contribution is 6.31. The first-order chi connectivity index (χ1) is 19.8. The van der Waals surface area contributed by atoms with Gasteiger partial charge in [-0.1, -0.05) is 84.9 Å². The highest BCUT2D eigenvalue weighted by Gasteiger charge is 2.16. The van der Waals surface area contributed by atoms with Crippen molar-refractivity contribution in [2.24, 2.45) is 0 Å². The van der Waals surface area contributed by atoms with Crippen LogP contribution in [0.3, 0.4) is 0 Å². The summed E-state index contributed by atoms with van der Waals surface area (Å²) in [5.74, 6) is 1.61. The molecule has 3 aromatic heterocycles. The molecule has 0 N–H and O–H groups in total. The van der Waals surface area contributed by atoms with Crippen molar-refractivity contribution in [2.45, 2.75) is 0 Å². The molecule has 0 aliphatic heterocycles. The smallest absolute Gasteiger partial charge is 0.182 e. The van der Waals surface area contributed by atoms with Gasteiger partial charge in [-0.05, 0) is 73.4 Å². The molecule has 8 rings (SSSR count). The van der Waals surface area contributed by atoms with Gasteiger partial charge in [-0.3, -0.25) is 9.97 Å². The SMILES string of the molecule is c1ccc(-c2nc(-c3ccc4c5ccccc5c5ccc6ccccc6c5c4c3)nc(-c3ccccn3)n2)nc1. The van der Waals surface area contributed by atoms with Gasteiger partial charge in [0.15, 0.2) is 17.5 Å². The highest BCUT2D eigenvalue weighted by atomic mass is 15.1. The van der Waals surface area contributed by atoms with Gasteiger partial charge in [-0.2, -0.15) is 0 Å². The Morgan fingerprint density at radius 2 is 0.925 bits per heavy atom. The van der Waals surface area contributed by atoms with Crippen LogP contribution < -0.4 is 0 Å². The fourth-order valence-electron chi connectivity index (χ4n) is 5.59. The second-order valence-corrected chi connectivity index (χ2v) is 9.75. The summed E-state index contributed by atoms with van der Waals surface area (Å²) in [6, 6.07) is 39.6. The van der Waals surface area contributed by atoms with Crippen LogP contribution in [0.25, 0.3) is 77.5 Å². The Morgan fingerprint density at radius 3 is 1.60 bits per heavy atom. The quantitative estimate of drug-likeness (QED) is 0.223. The first kappa shape index (κ1) is 22.4. The molecular formula is C35H21N5. The number of pyridine rings is 2. The van der Waals surface area contributed by atoms with Crippen LogP contribution in [-0.2, 0) is 0 Å². The summed E-state index contributed by atoms with van der Waals surface area (Å²) in [6.45, 7) is 0. The highest BCUT2D eigenvalue weighted by Crippen LogP contribution is 2.40. The van der Waals surface area contributed by atoms with Gasteiger partial charge in [0.05, 0.1) is 0 Å². The van der Waals surface area contributed by atoms with E-state index in [9.17, 15) is 0 Å². The molecule has 0 radical (unpaired) electrons. The minimum Gasteiger partial charge on any atom is -0.253 e. The van der Waals surface area contributed by atoms with Gasteiger partial charge >= 0.3 is 0 Å². The molecule has 40 heavy (non-hydrogen) atoms. The average molecular weight is 512 g/mol. The third-order valence-electron chi connectivity index (χ3n) is 7.41. The van der Waals surface area contributed by atoms with Gasteiger partial charge in [0.1, 0.15) is 11.4 Å². The van der Waals surface area contributed by atoms with Crippen molar-refractivity contribution < 1.29 is 0 Å². The zero-order valence-electron chi connectivity index (χ0n) is 21.4. The zero-order valence-corrected chi connectivity index (χ0v) is 21.4. The molecule has 0 saturated heterocycles. The lowest BCUT2D eigenvalue weighted by Crippen LogP contribution is -2.01. The van der Waals surface area contributed by atoms with Crippen LogP contribution in [0.2, 0.25) is 0 Å². The maximum atomic E-state index is 4.90. The lowest BCUT2D eigenvalue weighted by atomic mass is 9.90. The van der Waals surface area contributed by atoms with Crippen LogP contribution in [0.1, 0.15) is 0 Å². The predicted octanol–water partition coefficient (Wildman–Crippen LogP) is 8.28. The van der Waals surface area contributed by atoms with Gasteiger partial charge in [-0.25, -0.2) is 15.0 Å². The van der Waals surface area contributed by atoms with Crippen LogP contribution in [0.5, 0.6) is 0 Å². The van der Waals surface area contributed by atoms with Crippen molar-refractivity contribution in [3.8, 4) is 34.4 Å². The van der Waals surface area contributed by atoms with Crippen molar-refractivity contribution in [2.75, 3.05) is 0 Å². The normalized spacial score (nSPS) is 11.5. The molecule has 0 amide bonds. The van der Waals surface area contributed by atoms with Crippen LogP contribution in [-0.4, -0.2) is 24.9 Å². The summed E-state index contributed by atoms with van der Waals surface area (Å²) in [7, 11) is 0. The molecule has 3 heterocycles. The monoisotopic (exact) mass is 511 g/mol. The molecule has 0 aliphatic carbocycles. The third-order valence-corrected chi connectivity index (χ3v) is 7.41. The minimum absolute atomic E-state index is 0.514. The Labute approximate surface area is 229 Å². The van der Waals surface area contributed by atoms with Crippen molar-refractivity contribution in [1.82, 2.24) is 24.9 Å². The number of fused-ring (bicyclic) bond motifs is 8. The van der Waals surface area contributed by atoms with Gasteiger partial charge in [0, 0.05) is 18.0 Å². The van der Waals surface area contributed by atoms with E-state index in [-0.39, 0.29) is 0 Å². The number of hydrogen-bond acceptors (Lipinski definition) is 5. The number of rotatable bonds is 3. The zero-order chi connectivity index (χ0) is 26.5. The molecular weight excluding hydrogens is 490 g/mol. The average Bonchev–Trinajstić information content (AvgIpc) is 3.05. The van der Waals surface area contributed by atoms with E-state index >= 15 is 0 Å². The largest absolute Gasteiger partial charge is 0.253 e. The topological polar surface area (TPSA) is 64.5 Å². The Morgan fingerprint density at radius 1 is 0.375 bits per heavy atom. The lowest BCUT2D eigenvalue weighted by Gasteiger charge is -2.14. The summed E-state index contributed by atoms with van der Waals surface area (Å²) in [4.78, 5) is 23.6.